The Morgan fingerprint density at radius 3 is 3.00 bits per heavy atom. The third-order valence-corrected chi connectivity index (χ3v) is 3.36. The molecule has 1 aromatic rings. The highest BCUT2D eigenvalue weighted by atomic mass is 16.5. The van der Waals surface area contributed by atoms with Crippen molar-refractivity contribution in [2.45, 2.75) is 37.6 Å². The number of nitrogens with zero attached hydrogens (tertiary/aromatic N) is 2. The molecule has 0 aromatic carbocycles. The molecule has 0 radical (unpaired) electrons. The molecule has 2 atom stereocenters. The molecule has 3 heterocycles. The van der Waals surface area contributed by atoms with Crippen LogP contribution in [0.5, 0.6) is 0 Å². The molecular formula is C11H17N3O2. The van der Waals surface area contributed by atoms with Gasteiger partial charge in [-0.2, -0.15) is 4.98 Å². The smallest absolute Gasteiger partial charge is 0.243 e. The number of hydrogen-bond donors (Lipinski definition) is 1. The van der Waals surface area contributed by atoms with Crippen molar-refractivity contribution in [2.75, 3.05) is 19.8 Å². The van der Waals surface area contributed by atoms with Crippen molar-refractivity contribution in [2.24, 2.45) is 0 Å². The van der Waals surface area contributed by atoms with Gasteiger partial charge in [-0.25, -0.2) is 0 Å². The normalized spacial score (nSPS) is 30.8. The molecule has 1 unspecified atom stereocenters. The van der Waals surface area contributed by atoms with Gasteiger partial charge in [-0.3, -0.25) is 0 Å². The number of aromatic nitrogens is 2. The van der Waals surface area contributed by atoms with E-state index in [-0.39, 0.29) is 6.04 Å². The molecular weight excluding hydrogens is 206 g/mol. The summed E-state index contributed by atoms with van der Waals surface area (Å²) in [5.41, 5.74) is 0. The number of ether oxygens (including phenoxy) is 1. The van der Waals surface area contributed by atoms with Crippen LogP contribution in [0.1, 0.15) is 49.4 Å². The first kappa shape index (κ1) is 10.2. The summed E-state index contributed by atoms with van der Waals surface area (Å²) in [7, 11) is 0. The van der Waals surface area contributed by atoms with Crippen molar-refractivity contribution in [3.63, 3.8) is 0 Å². The van der Waals surface area contributed by atoms with Crippen LogP contribution in [0.25, 0.3) is 0 Å². The second kappa shape index (κ2) is 4.51. The zero-order valence-electron chi connectivity index (χ0n) is 9.32. The maximum Gasteiger partial charge on any atom is 0.243 e. The second-order valence-electron chi connectivity index (χ2n) is 4.55. The minimum Gasteiger partial charge on any atom is -0.381 e. The molecule has 0 spiro atoms. The van der Waals surface area contributed by atoms with Crippen LogP contribution in [-0.4, -0.2) is 29.9 Å². The van der Waals surface area contributed by atoms with Gasteiger partial charge in [0.1, 0.15) is 0 Å². The van der Waals surface area contributed by atoms with E-state index in [9.17, 15) is 0 Å². The fourth-order valence-electron chi connectivity index (χ4n) is 2.36. The first-order valence-corrected chi connectivity index (χ1v) is 6.08. The Morgan fingerprint density at radius 1 is 1.25 bits per heavy atom. The van der Waals surface area contributed by atoms with Gasteiger partial charge in [-0.1, -0.05) is 11.6 Å². The van der Waals surface area contributed by atoms with Gasteiger partial charge >= 0.3 is 0 Å². The Bertz CT molecular complexity index is 341. The van der Waals surface area contributed by atoms with E-state index in [1.54, 1.807) is 0 Å². The lowest BCUT2D eigenvalue weighted by atomic mass is 10.1. The van der Waals surface area contributed by atoms with Crippen molar-refractivity contribution >= 4 is 0 Å². The van der Waals surface area contributed by atoms with E-state index in [1.165, 1.54) is 12.8 Å². The van der Waals surface area contributed by atoms with Crippen molar-refractivity contribution < 1.29 is 9.26 Å². The standard InChI is InChI=1S/C11H17N3O2/c1-2-5-12-9(3-1)11-13-10(14-16-11)8-4-6-15-7-8/h8-9,12H,1-7H2/t8?,9-/m0/s1. The first-order chi connectivity index (χ1) is 7.93. The van der Waals surface area contributed by atoms with Crippen molar-refractivity contribution in [1.82, 2.24) is 15.5 Å². The summed E-state index contributed by atoms with van der Waals surface area (Å²) in [6, 6.07) is 0.261. The molecule has 5 nitrogen and oxygen atoms in total. The lowest BCUT2D eigenvalue weighted by Gasteiger charge is -2.19. The molecule has 2 fully saturated rings. The molecule has 3 rings (SSSR count). The topological polar surface area (TPSA) is 60.2 Å². The summed E-state index contributed by atoms with van der Waals surface area (Å²) >= 11 is 0. The predicted octanol–water partition coefficient (Wildman–Crippen LogP) is 1.39. The Hall–Kier alpha value is -0.940. The largest absolute Gasteiger partial charge is 0.381 e. The van der Waals surface area contributed by atoms with Crippen LogP contribution < -0.4 is 5.32 Å². The van der Waals surface area contributed by atoms with Crippen molar-refractivity contribution in [1.29, 1.82) is 0 Å². The van der Waals surface area contributed by atoms with Crippen LogP contribution in [0.15, 0.2) is 4.52 Å². The molecule has 2 aliphatic heterocycles. The highest BCUT2D eigenvalue weighted by Crippen LogP contribution is 2.26. The quantitative estimate of drug-likeness (QED) is 0.821. The molecule has 2 saturated heterocycles. The number of rotatable bonds is 2. The average molecular weight is 223 g/mol. The minimum absolute atomic E-state index is 0.261. The summed E-state index contributed by atoms with van der Waals surface area (Å²) in [4.78, 5) is 4.50. The fourth-order valence-corrected chi connectivity index (χ4v) is 2.36. The molecule has 88 valence electrons. The molecule has 0 saturated carbocycles. The lowest BCUT2D eigenvalue weighted by molar-refractivity contribution is 0.192. The van der Waals surface area contributed by atoms with E-state index in [0.29, 0.717) is 5.92 Å². The van der Waals surface area contributed by atoms with Gasteiger partial charge in [-0.15, -0.1) is 0 Å². The summed E-state index contributed by atoms with van der Waals surface area (Å²) in [6.07, 6.45) is 4.59. The van der Waals surface area contributed by atoms with Crippen LogP contribution in [0.3, 0.4) is 0 Å². The average Bonchev–Trinajstić information content (AvgIpc) is 3.01. The van der Waals surface area contributed by atoms with Gasteiger partial charge in [0.25, 0.3) is 0 Å². The van der Waals surface area contributed by atoms with Crippen LogP contribution in [0.2, 0.25) is 0 Å². The first-order valence-electron chi connectivity index (χ1n) is 6.08. The third kappa shape index (κ3) is 1.97. The van der Waals surface area contributed by atoms with Crippen LogP contribution in [0.4, 0.5) is 0 Å². The van der Waals surface area contributed by atoms with E-state index in [4.69, 9.17) is 9.26 Å². The monoisotopic (exact) mass is 223 g/mol. The Labute approximate surface area is 94.6 Å². The number of piperidine rings is 1. The molecule has 16 heavy (non-hydrogen) atoms. The predicted molar refractivity (Wildman–Crippen MR) is 57.1 cm³/mol. The molecule has 5 heteroatoms. The van der Waals surface area contributed by atoms with Crippen LogP contribution in [-0.2, 0) is 4.74 Å². The lowest BCUT2D eigenvalue weighted by Crippen LogP contribution is -2.27. The molecule has 1 N–H and O–H groups in total. The summed E-state index contributed by atoms with van der Waals surface area (Å²) in [5, 5.41) is 7.48. The molecule has 0 aliphatic carbocycles. The van der Waals surface area contributed by atoms with Gasteiger partial charge in [0.15, 0.2) is 5.82 Å². The molecule has 1 aromatic heterocycles. The molecule has 0 amide bonds. The summed E-state index contributed by atoms with van der Waals surface area (Å²) < 4.78 is 10.7. The third-order valence-electron chi connectivity index (χ3n) is 3.36. The second-order valence-corrected chi connectivity index (χ2v) is 4.55. The van der Waals surface area contributed by atoms with Gasteiger partial charge in [0, 0.05) is 12.5 Å². The number of nitrogens with one attached hydrogen (secondary N) is 1. The van der Waals surface area contributed by atoms with Gasteiger partial charge in [0.05, 0.1) is 12.6 Å². The SMILES string of the molecule is C1CC[C@@H](c2nc(C3CCOC3)no2)NC1. The Morgan fingerprint density at radius 2 is 2.25 bits per heavy atom. The van der Waals surface area contributed by atoms with Crippen LogP contribution in [0, 0.1) is 0 Å². The van der Waals surface area contributed by atoms with Crippen LogP contribution >= 0.6 is 0 Å². The highest BCUT2D eigenvalue weighted by Gasteiger charge is 2.26. The fraction of sp³-hybridized carbons (Fsp3) is 0.818. The maximum atomic E-state index is 5.34. The van der Waals surface area contributed by atoms with E-state index < -0.39 is 0 Å². The zero-order valence-corrected chi connectivity index (χ0v) is 9.32. The summed E-state index contributed by atoms with van der Waals surface area (Å²) in [5.74, 6) is 1.91. The minimum atomic E-state index is 0.261. The Balaban J connectivity index is 1.71. The summed E-state index contributed by atoms with van der Waals surface area (Å²) in [6.45, 7) is 2.60. The van der Waals surface area contributed by atoms with Gasteiger partial charge < -0.3 is 14.6 Å². The Kier molecular flexibility index (Phi) is 2.88. The van der Waals surface area contributed by atoms with E-state index in [2.05, 4.69) is 15.5 Å². The number of hydrogen-bond acceptors (Lipinski definition) is 5. The molecule has 0 bridgehead atoms. The highest BCUT2D eigenvalue weighted by molar-refractivity contribution is 5.00. The van der Waals surface area contributed by atoms with E-state index in [1.807, 2.05) is 0 Å². The molecule has 2 aliphatic rings. The maximum absolute atomic E-state index is 5.34. The van der Waals surface area contributed by atoms with Crippen molar-refractivity contribution in [3.8, 4) is 0 Å². The zero-order chi connectivity index (χ0) is 10.8. The van der Waals surface area contributed by atoms with Crippen molar-refractivity contribution in [3.05, 3.63) is 11.7 Å². The van der Waals surface area contributed by atoms with E-state index in [0.717, 1.165) is 44.3 Å². The van der Waals surface area contributed by atoms with Gasteiger partial charge in [-0.05, 0) is 25.8 Å². The van der Waals surface area contributed by atoms with Gasteiger partial charge in [0.2, 0.25) is 5.89 Å². The van der Waals surface area contributed by atoms with E-state index >= 15 is 0 Å².